The van der Waals surface area contributed by atoms with Gasteiger partial charge in [-0.15, -0.1) is 11.3 Å². The first-order valence-corrected chi connectivity index (χ1v) is 9.38. The molecule has 2 N–H and O–H groups in total. The van der Waals surface area contributed by atoms with Crippen molar-refractivity contribution in [2.45, 2.75) is 26.7 Å². The Morgan fingerprint density at radius 2 is 2.21 bits per heavy atom. The molecule has 0 bridgehead atoms. The molecule has 0 aliphatic carbocycles. The highest BCUT2D eigenvalue weighted by Crippen LogP contribution is 2.32. The van der Waals surface area contributed by atoms with Crippen molar-refractivity contribution < 1.29 is 9.53 Å². The van der Waals surface area contributed by atoms with Gasteiger partial charge in [-0.2, -0.15) is 0 Å². The molecule has 0 atom stereocenters. The first kappa shape index (κ1) is 18.8. The van der Waals surface area contributed by atoms with E-state index in [-0.39, 0.29) is 23.5 Å². The van der Waals surface area contributed by atoms with Crippen molar-refractivity contribution in [3.63, 3.8) is 0 Å². The Balaban J connectivity index is 1.94. The zero-order valence-corrected chi connectivity index (χ0v) is 16.8. The Kier molecular flexibility index (Phi) is 6.70. The molecule has 128 valence electrons. The summed E-state index contributed by atoms with van der Waals surface area (Å²) in [7, 11) is 0. The van der Waals surface area contributed by atoms with E-state index in [1.54, 1.807) is 6.20 Å². The number of hydrogen-bond acceptors (Lipinski definition) is 5. The van der Waals surface area contributed by atoms with Gasteiger partial charge in [-0.1, -0.05) is 29.8 Å². The van der Waals surface area contributed by atoms with Crippen LogP contribution in [0.4, 0.5) is 5.13 Å². The van der Waals surface area contributed by atoms with Crippen LogP contribution in [0.3, 0.4) is 0 Å². The van der Waals surface area contributed by atoms with E-state index < -0.39 is 0 Å². The minimum Gasteiger partial charge on any atom is -0.483 e. The van der Waals surface area contributed by atoms with Crippen LogP contribution in [-0.4, -0.2) is 22.6 Å². The van der Waals surface area contributed by atoms with E-state index in [4.69, 9.17) is 17.0 Å². The second-order valence-corrected chi connectivity index (χ2v) is 7.58. The number of hydrogen-bond donors (Lipinski definition) is 2. The summed E-state index contributed by atoms with van der Waals surface area (Å²) >= 11 is 10.0. The number of nitrogens with one attached hydrogen (secondary N) is 2. The third kappa shape index (κ3) is 5.25. The first-order valence-electron chi connectivity index (χ1n) is 7.30. The molecule has 1 heterocycles. The minimum atomic E-state index is -0.320. The number of carbonyl (C=O) groups excluding carboxylic acids is 1. The van der Waals surface area contributed by atoms with Crippen LogP contribution in [0.15, 0.2) is 28.2 Å². The monoisotopic (exact) mass is 427 g/mol. The summed E-state index contributed by atoms with van der Waals surface area (Å²) < 4.78 is 6.72. The van der Waals surface area contributed by atoms with E-state index in [1.807, 2.05) is 24.4 Å². The molecule has 0 radical (unpaired) electrons. The van der Waals surface area contributed by atoms with Gasteiger partial charge in [-0.25, -0.2) is 4.98 Å². The van der Waals surface area contributed by atoms with Crippen LogP contribution in [0, 0.1) is 6.92 Å². The average molecular weight is 428 g/mol. The van der Waals surface area contributed by atoms with E-state index in [0.29, 0.717) is 10.9 Å². The van der Waals surface area contributed by atoms with Crippen molar-refractivity contribution in [1.29, 1.82) is 0 Å². The van der Waals surface area contributed by atoms with Crippen LogP contribution in [0.25, 0.3) is 0 Å². The summed E-state index contributed by atoms with van der Waals surface area (Å²) in [5.41, 5.74) is 2.10. The van der Waals surface area contributed by atoms with Gasteiger partial charge in [0.15, 0.2) is 16.9 Å². The Labute approximate surface area is 159 Å². The van der Waals surface area contributed by atoms with Crippen LogP contribution in [0.1, 0.15) is 30.9 Å². The Bertz CT molecular complexity index is 733. The van der Waals surface area contributed by atoms with Crippen molar-refractivity contribution in [2.75, 3.05) is 11.9 Å². The number of halogens is 1. The highest BCUT2D eigenvalue weighted by atomic mass is 79.9. The number of ether oxygens (including phenoxy) is 1. The van der Waals surface area contributed by atoms with Crippen LogP contribution >= 0.6 is 39.5 Å². The fraction of sp³-hybridized carbons (Fsp3) is 0.312. The summed E-state index contributed by atoms with van der Waals surface area (Å²) in [5.74, 6) is 0.673. The highest BCUT2D eigenvalue weighted by Gasteiger charge is 2.13. The standard InChI is InChI=1S/C16H18BrN3O2S2/c1-9(2)11-7-12(17)10(3)6-13(11)22-8-14(21)19-15(23)20-16-18-4-5-24-16/h4-7,9H,8H2,1-3H3,(H2,18,19,20,21,23). The maximum absolute atomic E-state index is 12.0. The van der Waals surface area contributed by atoms with Gasteiger partial charge >= 0.3 is 0 Å². The molecule has 0 aliphatic rings. The minimum absolute atomic E-state index is 0.111. The molecule has 2 aromatic rings. The fourth-order valence-electron chi connectivity index (χ4n) is 1.97. The smallest absolute Gasteiger partial charge is 0.264 e. The van der Waals surface area contributed by atoms with Gasteiger partial charge in [0.1, 0.15) is 5.75 Å². The van der Waals surface area contributed by atoms with Gasteiger partial charge in [0.05, 0.1) is 0 Å². The predicted octanol–water partition coefficient (Wildman–Crippen LogP) is 4.23. The highest BCUT2D eigenvalue weighted by molar-refractivity contribution is 9.10. The molecular formula is C16H18BrN3O2S2. The van der Waals surface area contributed by atoms with Gasteiger partial charge in [-0.3, -0.25) is 10.1 Å². The summed E-state index contributed by atoms with van der Waals surface area (Å²) in [6.45, 7) is 6.03. The number of nitrogens with zero attached hydrogens (tertiary/aromatic N) is 1. The van der Waals surface area contributed by atoms with Gasteiger partial charge in [0.2, 0.25) is 0 Å². The predicted molar refractivity (Wildman–Crippen MR) is 105 cm³/mol. The molecule has 1 aromatic carbocycles. The van der Waals surface area contributed by atoms with Crippen molar-refractivity contribution >= 4 is 55.6 Å². The van der Waals surface area contributed by atoms with Crippen LogP contribution in [-0.2, 0) is 4.79 Å². The molecule has 5 nitrogen and oxygen atoms in total. The van der Waals surface area contributed by atoms with E-state index in [2.05, 4.69) is 45.4 Å². The fourth-order valence-corrected chi connectivity index (χ4v) is 3.14. The molecule has 0 saturated heterocycles. The number of amides is 1. The van der Waals surface area contributed by atoms with Crippen molar-refractivity contribution in [2.24, 2.45) is 0 Å². The number of anilines is 1. The topological polar surface area (TPSA) is 63.2 Å². The third-order valence-electron chi connectivity index (χ3n) is 3.18. The van der Waals surface area contributed by atoms with Crippen molar-refractivity contribution in [1.82, 2.24) is 10.3 Å². The van der Waals surface area contributed by atoms with Crippen LogP contribution in [0.2, 0.25) is 0 Å². The lowest BCUT2D eigenvalue weighted by Crippen LogP contribution is -2.37. The Morgan fingerprint density at radius 3 is 2.83 bits per heavy atom. The first-order chi connectivity index (χ1) is 11.4. The second kappa shape index (κ2) is 8.55. The van der Waals surface area contributed by atoms with E-state index >= 15 is 0 Å². The second-order valence-electron chi connectivity index (χ2n) is 5.42. The third-order valence-corrected chi connectivity index (χ3v) is 4.92. The lowest BCUT2D eigenvalue weighted by molar-refractivity contribution is -0.121. The number of aryl methyl sites for hydroxylation is 1. The lowest BCUT2D eigenvalue weighted by Gasteiger charge is -2.16. The zero-order valence-electron chi connectivity index (χ0n) is 13.6. The molecule has 0 aliphatic heterocycles. The number of thiazole rings is 1. The van der Waals surface area contributed by atoms with Crippen molar-refractivity contribution in [3.8, 4) is 5.75 Å². The SMILES string of the molecule is Cc1cc(OCC(=O)NC(=S)Nc2nccs2)c(C(C)C)cc1Br. The summed E-state index contributed by atoms with van der Waals surface area (Å²) in [6, 6.07) is 3.96. The number of thiocarbonyl (C=S) groups is 1. The van der Waals surface area contributed by atoms with Crippen molar-refractivity contribution in [3.05, 3.63) is 39.3 Å². The van der Waals surface area contributed by atoms with E-state index in [0.717, 1.165) is 15.6 Å². The number of aromatic nitrogens is 1. The van der Waals surface area contributed by atoms with Crippen LogP contribution in [0.5, 0.6) is 5.75 Å². The summed E-state index contributed by atoms with van der Waals surface area (Å²) in [5, 5.41) is 8.07. The molecule has 8 heteroatoms. The lowest BCUT2D eigenvalue weighted by atomic mass is 10.0. The largest absolute Gasteiger partial charge is 0.483 e. The summed E-state index contributed by atoms with van der Waals surface area (Å²) in [4.78, 5) is 16.0. The molecular weight excluding hydrogens is 410 g/mol. The number of rotatable bonds is 5. The molecule has 24 heavy (non-hydrogen) atoms. The van der Waals surface area contributed by atoms with E-state index in [9.17, 15) is 4.79 Å². The Hall–Kier alpha value is -1.51. The number of benzene rings is 1. The van der Waals surface area contributed by atoms with Gasteiger partial charge in [0, 0.05) is 16.0 Å². The number of carbonyl (C=O) groups is 1. The van der Waals surface area contributed by atoms with Gasteiger partial charge in [0.25, 0.3) is 5.91 Å². The van der Waals surface area contributed by atoms with E-state index in [1.165, 1.54) is 11.3 Å². The molecule has 2 rings (SSSR count). The Morgan fingerprint density at radius 1 is 1.46 bits per heavy atom. The summed E-state index contributed by atoms with van der Waals surface area (Å²) in [6.07, 6.45) is 1.66. The molecule has 1 amide bonds. The van der Waals surface area contributed by atoms with Crippen LogP contribution < -0.4 is 15.4 Å². The quantitative estimate of drug-likeness (QED) is 0.698. The average Bonchev–Trinajstić information content (AvgIpc) is 3.00. The molecule has 0 spiro atoms. The maximum Gasteiger partial charge on any atom is 0.264 e. The molecule has 0 saturated carbocycles. The normalized spacial score (nSPS) is 10.5. The molecule has 0 fully saturated rings. The zero-order chi connectivity index (χ0) is 17.7. The van der Waals surface area contributed by atoms with Gasteiger partial charge < -0.3 is 10.1 Å². The molecule has 0 unspecified atom stereocenters. The van der Waals surface area contributed by atoms with Gasteiger partial charge in [-0.05, 0) is 48.3 Å². The molecule has 1 aromatic heterocycles. The maximum atomic E-state index is 12.0.